The van der Waals surface area contributed by atoms with Gasteiger partial charge in [0.05, 0.1) is 24.4 Å². The van der Waals surface area contributed by atoms with Crippen molar-refractivity contribution in [2.45, 2.75) is 39.2 Å². The third kappa shape index (κ3) is 4.28. The van der Waals surface area contributed by atoms with Crippen molar-refractivity contribution in [2.75, 3.05) is 44.7 Å². The minimum absolute atomic E-state index is 0.0787. The first-order chi connectivity index (χ1) is 16.5. The van der Waals surface area contributed by atoms with E-state index in [9.17, 15) is 9.59 Å². The van der Waals surface area contributed by atoms with Crippen LogP contribution in [0.25, 0.3) is 11.6 Å². The molecule has 2 fully saturated rings. The Hall–Kier alpha value is -2.61. The van der Waals surface area contributed by atoms with Crippen molar-refractivity contribution in [2.24, 2.45) is 0 Å². The first kappa shape index (κ1) is 23.1. The number of aromatic amines is 1. The molecule has 0 unspecified atom stereocenters. The first-order valence-corrected chi connectivity index (χ1v) is 12.5. The Morgan fingerprint density at radius 1 is 1.21 bits per heavy atom. The van der Waals surface area contributed by atoms with E-state index < -0.39 is 0 Å². The first-order valence-electron chi connectivity index (χ1n) is 12.1. The van der Waals surface area contributed by atoms with Crippen LogP contribution in [0.3, 0.4) is 0 Å². The van der Waals surface area contributed by atoms with Gasteiger partial charge in [0.1, 0.15) is 0 Å². The van der Waals surface area contributed by atoms with Crippen LogP contribution in [0.2, 0.25) is 5.02 Å². The number of carbonyl (C=O) groups excluding carboxylic acids is 2. The number of carbonyl (C=O) groups is 2. The Morgan fingerprint density at radius 3 is 2.65 bits per heavy atom. The number of aromatic nitrogens is 1. The molecule has 2 saturated heterocycles. The third-order valence-electron chi connectivity index (χ3n) is 7.30. The number of nitrogens with one attached hydrogen (secondary N) is 2. The molecular weight excluding hydrogens is 452 g/mol. The molecule has 3 aliphatic rings. The summed E-state index contributed by atoms with van der Waals surface area (Å²) in [6.45, 7) is 9.09. The lowest BCUT2D eigenvalue weighted by Gasteiger charge is -2.40. The van der Waals surface area contributed by atoms with Crippen molar-refractivity contribution in [1.82, 2.24) is 14.8 Å². The van der Waals surface area contributed by atoms with Gasteiger partial charge in [0.25, 0.3) is 11.8 Å². The molecule has 2 amide bonds. The fraction of sp³-hybridized carbons (Fsp3) is 0.462. The molecule has 180 valence electrons. The Bertz CT molecular complexity index is 1140. The average molecular weight is 483 g/mol. The van der Waals surface area contributed by atoms with Gasteiger partial charge in [0.15, 0.2) is 0 Å². The van der Waals surface area contributed by atoms with Gasteiger partial charge in [-0.3, -0.25) is 14.5 Å². The SMILES string of the molecule is CCc1[nH]c(/C=C2\C(=O)Nc3ccc(Cl)cc32)c(C)c1C(=O)N1CCC(N2CCOCC2)CC1. The highest BCUT2D eigenvalue weighted by atomic mass is 35.5. The molecular formula is C26H31ClN4O3. The Morgan fingerprint density at radius 2 is 1.94 bits per heavy atom. The van der Waals surface area contributed by atoms with E-state index in [1.807, 2.05) is 30.9 Å². The van der Waals surface area contributed by atoms with Gasteiger partial charge in [-0.2, -0.15) is 0 Å². The molecule has 2 aromatic rings. The van der Waals surface area contributed by atoms with Gasteiger partial charge in [-0.15, -0.1) is 0 Å². The molecule has 5 rings (SSSR count). The van der Waals surface area contributed by atoms with Gasteiger partial charge in [-0.05, 0) is 56.0 Å². The number of ether oxygens (including phenoxy) is 1. The Balaban J connectivity index is 1.37. The molecule has 0 aliphatic carbocycles. The molecule has 0 saturated carbocycles. The molecule has 8 heteroatoms. The number of hydrogen-bond acceptors (Lipinski definition) is 4. The van der Waals surface area contributed by atoms with Crippen molar-refractivity contribution >= 4 is 40.8 Å². The number of aryl methyl sites for hydroxylation is 1. The van der Waals surface area contributed by atoms with Crippen LogP contribution in [0.15, 0.2) is 18.2 Å². The average Bonchev–Trinajstić information content (AvgIpc) is 3.35. The fourth-order valence-corrected chi connectivity index (χ4v) is 5.53. The number of benzene rings is 1. The standard InChI is InChI=1S/C26H31ClN4O3/c1-3-21-24(26(33)31-8-6-18(7-9-31)30-10-12-34-13-11-30)16(2)23(28-21)15-20-19-14-17(27)4-5-22(19)29-25(20)32/h4-5,14-15,18,28H,3,6-13H2,1-2H3,(H,29,32)/b20-15-. The summed E-state index contributed by atoms with van der Waals surface area (Å²) in [5, 5.41) is 3.47. The molecule has 34 heavy (non-hydrogen) atoms. The predicted molar refractivity (Wildman–Crippen MR) is 134 cm³/mol. The van der Waals surface area contributed by atoms with E-state index in [1.165, 1.54) is 0 Å². The van der Waals surface area contributed by atoms with Gasteiger partial charge in [0, 0.05) is 59.9 Å². The zero-order valence-corrected chi connectivity index (χ0v) is 20.5. The van der Waals surface area contributed by atoms with Crippen LogP contribution >= 0.6 is 11.6 Å². The summed E-state index contributed by atoms with van der Waals surface area (Å²) >= 11 is 6.18. The number of piperidine rings is 1. The molecule has 0 spiro atoms. The van der Waals surface area contributed by atoms with Gasteiger partial charge >= 0.3 is 0 Å². The van der Waals surface area contributed by atoms with Crippen molar-refractivity contribution in [3.8, 4) is 0 Å². The van der Waals surface area contributed by atoms with E-state index in [0.717, 1.165) is 86.0 Å². The molecule has 2 N–H and O–H groups in total. The van der Waals surface area contributed by atoms with Crippen molar-refractivity contribution in [3.63, 3.8) is 0 Å². The normalized spacial score (nSPS) is 20.6. The largest absolute Gasteiger partial charge is 0.379 e. The molecule has 4 heterocycles. The van der Waals surface area contributed by atoms with Gasteiger partial charge in [-0.1, -0.05) is 18.5 Å². The molecule has 3 aliphatic heterocycles. The van der Waals surface area contributed by atoms with Gasteiger partial charge < -0.3 is 19.9 Å². The number of H-pyrrole nitrogens is 1. The predicted octanol–water partition coefficient (Wildman–Crippen LogP) is 3.97. The second-order valence-electron chi connectivity index (χ2n) is 9.24. The minimum Gasteiger partial charge on any atom is -0.379 e. The number of likely N-dealkylation sites (tertiary alicyclic amines) is 1. The maximum Gasteiger partial charge on any atom is 0.256 e. The molecule has 1 aromatic carbocycles. The second kappa shape index (κ2) is 9.56. The molecule has 0 atom stereocenters. The van der Waals surface area contributed by atoms with Crippen LogP contribution in [-0.4, -0.2) is 72.0 Å². The number of morpholine rings is 1. The maximum atomic E-state index is 13.6. The smallest absolute Gasteiger partial charge is 0.256 e. The summed E-state index contributed by atoms with van der Waals surface area (Å²) in [5.74, 6) is -0.0858. The van der Waals surface area contributed by atoms with Crippen molar-refractivity contribution in [1.29, 1.82) is 0 Å². The quantitative estimate of drug-likeness (QED) is 0.646. The fourth-order valence-electron chi connectivity index (χ4n) is 5.36. The van der Waals surface area contributed by atoms with E-state index in [0.29, 0.717) is 23.1 Å². The monoisotopic (exact) mass is 482 g/mol. The van der Waals surface area contributed by atoms with Crippen LogP contribution in [0.5, 0.6) is 0 Å². The third-order valence-corrected chi connectivity index (χ3v) is 7.54. The van der Waals surface area contributed by atoms with Crippen LogP contribution in [0.4, 0.5) is 5.69 Å². The Labute approximate surface area is 205 Å². The summed E-state index contributed by atoms with van der Waals surface area (Å²) in [5.41, 5.74) is 5.41. The van der Waals surface area contributed by atoms with E-state index in [2.05, 4.69) is 15.2 Å². The number of halogens is 1. The second-order valence-corrected chi connectivity index (χ2v) is 9.68. The lowest BCUT2D eigenvalue weighted by atomic mass is 10.00. The van der Waals surface area contributed by atoms with Crippen LogP contribution < -0.4 is 5.32 Å². The highest BCUT2D eigenvalue weighted by Crippen LogP contribution is 2.36. The number of amides is 2. The number of hydrogen-bond donors (Lipinski definition) is 2. The highest BCUT2D eigenvalue weighted by Gasteiger charge is 2.31. The topological polar surface area (TPSA) is 77.7 Å². The van der Waals surface area contributed by atoms with Crippen LogP contribution in [0, 0.1) is 6.92 Å². The zero-order chi connectivity index (χ0) is 23.8. The van der Waals surface area contributed by atoms with E-state index in [-0.39, 0.29) is 11.8 Å². The van der Waals surface area contributed by atoms with Crippen molar-refractivity contribution in [3.05, 3.63) is 51.3 Å². The van der Waals surface area contributed by atoms with Crippen LogP contribution in [0.1, 0.15) is 52.6 Å². The minimum atomic E-state index is -0.164. The Kier molecular flexibility index (Phi) is 6.51. The summed E-state index contributed by atoms with van der Waals surface area (Å²) < 4.78 is 5.48. The van der Waals surface area contributed by atoms with E-state index in [1.54, 1.807) is 12.1 Å². The van der Waals surface area contributed by atoms with E-state index >= 15 is 0 Å². The zero-order valence-electron chi connectivity index (χ0n) is 19.7. The number of rotatable bonds is 4. The number of fused-ring (bicyclic) bond motifs is 1. The summed E-state index contributed by atoms with van der Waals surface area (Å²) in [6, 6.07) is 5.89. The molecule has 1 aromatic heterocycles. The lowest BCUT2D eigenvalue weighted by molar-refractivity contribution is -0.110. The summed E-state index contributed by atoms with van der Waals surface area (Å²) in [6.07, 6.45) is 4.54. The lowest BCUT2D eigenvalue weighted by Crippen LogP contribution is -2.50. The number of anilines is 1. The maximum absolute atomic E-state index is 13.6. The summed E-state index contributed by atoms with van der Waals surface area (Å²) in [4.78, 5) is 34.1. The van der Waals surface area contributed by atoms with Crippen molar-refractivity contribution < 1.29 is 14.3 Å². The van der Waals surface area contributed by atoms with E-state index in [4.69, 9.17) is 16.3 Å². The molecule has 0 radical (unpaired) electrons. The summed E-state index contributed by atoms with van der Waals surface area (Å²) in [7, 11) is 0. The number of nitrogens with zero attached hydrogens (tertiary/aromatic N) is 2. The molecule has 0 bridgehead atoms. The van der Waals surface area contributed by atoms with Gasteiger partial charge in [0.2, 0.25) is 0 Å². The van der Waals surface area contributed by atoms with Gasteiger partial charge in [-0.25, -0.2) is 0 Å². The molecule has 7 nitrogen and oxygen atoms in total. The highest BCUT2D eigenvalue weighted by molar-refractivity contribution is 6.36. The van der Waals surface area contributed by atoms with Crippen LogP contribution in [-0.2, 0) is 16.0 Å².